The summed E-state index contributed by atoms with van der Waals surface area (Å²) in [6.07, 6.45) is 5.67. The molecule has 0 atom stereocenters. The van der Waals surface area contributed by atoms with Crippen LogP contribution in [0, 0.1) is 5.92 Å². The van der Waals surface area contributed by atoms with Crippen LogP contribution in [0.15, 0.2) is 5.38 Å². The summed E-state index contributed by atoms with van der Waals surface area (Å²) >= 11 is 1.72. The van der Waals surface area contributed by atoms with Crippen molar-refractivity contribution in [2.75, 3.05) is 25.5 Å². The van der Waals surface area contributed by atoms with Crippen LogP contribution in [0.2, 0.25) is 0 Å². The third kappa shape index (κ3) is 3.19. The molecular weight excluding hydrogens is 218 g/mol. The fourth-order valence-corrected chi connectivity index (χ4v) is 2.96. The quantitative estimate of drug-likeness (QED) is 0.855. The maximum absolute atomic E-state index is 4.56. The molecule has 1 aliphatic rings. The van der Waals surface area contributed by atoms with Gasteiger partial charge < -0.3 is 10.2 Å². The fraction of sp³-hybridized carbons (Fsp3) is 0.750. The van der Waals surface area contributed by atoms with Gasteiger partial charge in [0.2, 0.25) is 0 Å². The number of anilines is 1. The molecule has 0 amide bonds. The number of aromatic nitrogens is 1. The van der Waals surface area contributed by atoms with Crippen LogP contribution >= 0.6 is 11.3 Å². The third-order valence-corrected chi connectivity index (χ3v) is 4.19. The summed E-state index contributed by atoms with van der Waals surface area (Å²) in [6.45, 7) is 2.08. The highest BCUT2D eigenvalue weighted by Gasteiger charge is 2.14. The van der Waals surface area contributed by atoms with E-state index in [9.17, 15) is 0 Å². The first-order valence-corrected chi connectivity index (χ1v) is 6.96. The zero-order valence-electron chi connectivity index (χ0n) is 10.2. The average Bonchev–Trinajstić information content (AvgIpc) is 2.87. The van der Waals surface area contributed by atoms with Crippen LogP contribution in [0.25, 0.3) is 0 Å². The van der Waals surface area contributed by atoms with Crippen LogP contribution in [0.3, 0.4) is 0 Å². The van der Waals surface area contributed by atoms with Crippen LogP contribution in [0.1, 0.15) is 31.4 Å². The van der Waals surface area contributed by atoms with Crippen molar-refractivity contribution < 1.29 is 0 Å². The SMILES string of the molecule is CN(C)c1nc(CNCC2CCCC2)cs1. The van der Waals surface area contributed by atoms with Crippen LogP contribution < -0.4 is 10.2 Å². The Labute approximate surface area is 102 Å². The smallest absolute Gasteiger partial charge is 0.185 e. The van der Waals surface area contributed by atoms with E-state index >= 15 is 0 Å². The second kappa shape index (κ2) is 5.64. The van der Waals surface area contributed by atoms with Crippen LogP contribution in [0.4, 0.5) is 5.13 Å². The maximum atomic E-state index is 4.56. The molecule has 3 nitrogen and oxygen atoms in total. The monoisotopic (exact) mass is 239 g/mol. The summed E-state index contributed by atoms with van der Waals surface area (Å²) in [5.74, 6) is 0.909. The van der Waals surface area contributed by atoms with Crippen molar-refractivity contribution in [3.63, 3.8) is 0 Å². The van der Waals surface area contributed by atoms with Gasteiger partial charge in [0.05, 0.1) is 5.69 Å². The van der Waals surface area contributed by atoms with Gasteiger partial charge in [-0.3, -0.25) is 0 Å². The van der Waals surface area contributed by atoms with E-state index in [2.05, 4.69) is 20.6 Å². The van der Waals surface area contributed by atoms with Gasteiger partial charge in [0.15, 0.2) is 5.13 Å². The zero-order chi connectivity index (χ0) is 11.4. The minimum atomic E-state index is 0.909. The molecule has 0 unspecified atom stereocenters. The molecule has 90 valence electrons. The highest BCUT2D eigenvalue weighted by atomic mass is 32.1. The average molecular weight is 239 g/mol. The molecule has 0 aromatic carbocycles. The van der Waals surface area contributed by atoms with Crippen molar-refractivity contribution in [1.29, 1.82) is 0 Å². The molecule has 0 bridgehead atoms. The Morgan fingerprint density at radius 2 is 2.19 bits per heavy atom. The highest BCUT2D eigenvalue weighted by Crippen LogP contribution is 2.24. The molecule has 1 aliphatic carbocycles. The van der Waals surface area contributed by atoms with Crippen molar-refractivity contribution in [3.05, 3.63) is 11.1 Å². The van der Waals surface area contributed by atoms with E-state index in [1.165, 1.54) is 31.4 Å². The van der Waals surface area contributed by atoms with Crippen molar-refractivity contribution in [2.24, 2.45) is 5.92 Å². The lowest BCUT2D eigenvalue weighted by Crippen LogP contribution is -2.21. The summed E-state index contributed by atoms with van der Waals surface area (Å²) in [7, 11) is 4.07. The van der Waals surface area contributed by atoms with Gasteiger partial charge in [0, 0.05) is 26.0 Å². The number of hydrogen-bond acceptors (Lipinski definition) is 4. The number of hydrogen-bond donors (Lipinski definition) is 1. The minimum absolute atomic E-state index is 0.909. The first-order chi connectivity index (χ1) is 7.75. The molecule has 0 aliphatic heterocycles. The summed E-state index contributed by atoms with van der Waals surface area (Å²) in [5.41, 5.74) is 1.17. The van der Waals surface area contributed by atoms with Gasteiger partial charge in [-0.05, 0) is 25.3 Å². The molecule has 0 spiro atoms. The second-order valence-electron chi connectivity index (χ2n) is 4.80. The Bertz CT molecular complexity index is 316. The lowest BCUT2D eigenvalue weighted by molar-refractivity contribution is 0.487. The Morgan fingerprint density at radius 3 is 2.81 bits per heavy atom. The highest BCUT2D eigenvalue weighted by molar-refractivity contribution is 7.13. The lowest BCUT2D eigenvalue weighted by atomic mass is 10.1. The number of thiazole rings is 1. The number of nitrogens with zero attached hydrogens (tertiary/aromatic N) is 2. The lowest BCUT2D eigenvalue weighted by Gasteiger charge is -2.09. The van der Waals surface area contributed by atoms with Gasteiger partial charge in [-0.1, -0.05) is 12.8 Å². The normalized spacial score (nSPS) is 16.9. The van der Waals surface area contributed by atoms with E-state index in [0.717, 1.165) is 24.1 Å². The fourth-order valence-electron chi connectivity index (χ4n) is 2.20. The molecule has 0 saturated heterocycles. The van der Waals surface area contributed by atoms with Gasteiger partial charge in [-0.2, -0.15) is 0 Å². The summed E-state index contributed by atoms with van der Waals surface area (Å²) in [4.78, 5) is 6.62. The van der Waals surface area contributed by atoms with Gasteiger partial charge in [0.1, 0.15) is 0 Å². The van der Waals surface area contributed by atoms with E-state index in [4.69, 9.17) is 0 Å². The van der Waals surface area contributed by atoms with Crippen LogP contribution in [0.5, 0.6) is 0 Å². The van der Waals surface area contributed by atoms with Gasteiger partial charge >= 0.3 is 0 Å². The number of nitrogens with one attached hydrogen (secondary N) is 1. The third-order valence-electron chi connectivity index (χ3n) is 3.14. The molecule has 4 heteroatoms. The molecule has 1 N–H and O–H groups in total. The molecule has 1 saturated carbocycles. The molecule has 2 rings (SSSR count). The van der Waals surface area contributed by atoms with E-state index in [-0.39, 0.29) is 0 Å². The Morgan fingerprint density at radius 1 is 1.44 bits per heavy atom. The minimum Gasteiger partial charge on any atom is -0.354 e. The van der Waals surface area contributed by atoms with Gasteiger partial charge in [-0.15, -0.1) is 11.3 Å². The standard InChI is InChI=1S/C12H21N3S/c1-15(2)12-14-11(9-16-12)8-13-7-10-5-3-4-6-10/h9-10,13H,3-8H2,1-2H3. The Balaban J connectivity index is 1.72. The topological polar surface area (TPSA) is 28.2 Å². The van der Waals surface area contributed by atoms with E-state index in [0.29, 0.717) is 0 Å². The van der Waals surface area contributed by atoms with Crippen LogP contribution in [-0.2, 0) is 6.54 Å². The maximum Gasteiger partial charge on any atom is 0.185 e. The van der Waals surface area contributed by atoms with Crippen molar-refractivity contribution >= 4 is 16.5 Å². The van der Waals surface area contributed by atoms with Crippen LogP contribution in [-0.4, -0.2) is 25.6 Å². The molecule has 1 heterocycles. The van der Waals surface area contributed by atoms with Crippen molar-refractivity contribution in [3.8, 4) is 0 Å². The molecular formula is C12H21N3S. The van der Waals surface area contributed by atoms with E-state index < -0.39 is 0 Å². The summed E-state index contributed by atoms with van der Waals surface area (Å²) in [6, 6.07) is 0. The van der Waals surface area contributed by atoms with E-state index in [1.807, 2.05) is 14.1 Å². The number of rotatable bonds is 5. The predicted molar refractivity (Wildman–Crippen MR) is 70.1 cm³/mol. The Kier molecular flexibility index (Phi) is 4.18. The molecule has 16 heavy (non-hydrogen) atoms. The largest absolute Gasteiger partial charge is 0.354 e. The van der Waals surface area contributed by atoms with Crippen molar-refractivity contribution in [1.82, 2.24) is 10.3 Å². The zero-order valence-corrected chi connectivity index (χ0v) is 11.0. The van der Waals surface area contributed by atoms with Gasteiger partial charge in [-0.25, -0.2) is 4.98 Å². The van der Waals surface area contributed by atoms with Gasteiger partial charge in [0.25, 0.3) is 0 Å². The van der Waals surface area contributed by atoms with E-state index in [1.54, 1.807) is 11.3 Å². The molecule has 0 radical (unpaired) electrons. The first-order valence-electron chi connectivity index (χ1n) is 6.08. The summed E-state index contributed by atoms with van der Waals surface area (Å²) < 4.78 is 0. The first kappa shape index (κ1) is 11.9. The summed E-state index contributed by atoms with van der Waals surface area (Å²) in [5, 5.41) is 6.77. The Hall–Kier alpha value is -0.610. The predicted octanol–water partition coefficient (Wildman–Crippen LogP) is 2.49. The molecule has 1 fully saturated rings. The molecule has 1 aromatic rings. The molecule has 1 aromatic heterocycles. The second-order valence-corrected chi connectivity index (χ2v) is 5.63. The van der Waals surface area contributed by atoms with Crippen molar-refractivity contribution in [2.45, 2.75) is 32.2 Å².